The first-order valence-corrected chi connectivity index (χ1v) is 10.8. The molecule has 2 aliphatic rings. The predicted molar refractivity (Wildman–Crippen MR) is 117 cm³/mol. The molecule has 0 bridgehead atoms. The van der Waals surface area contributed by atoms with Crippen molar-refractivity contribution in [3.8, 4) is 11.4 Å². The van der Waals surface area contributed by atoms with E-state index in [1.165, 1.54) is 0 Å². The zero-order valence-corrected chi connectivity index (χ0v) is 17.9. The van der Waals surface area contributed by atoms with E-state index in [9.17, 15) is 9.59 Å². The number of benzene rings is 2. The second kappa shape index (κ2) is 8.55. The number of aryl methyl sites for hydroxylation is 1. The molecule has 0 aliphatic carbocycles. The molecule has 5 rings (SSSR count). The second-order valence-electron chi connectivity index (χ2n) is 8.18. The van der Waals surface area contributed by atoms with Gasteiger partial charge >= 0.3 is 0 Å². The summed E-state index contributed by atoms with van der Waals surface area (Å²) in [6.45, 7) is 4.80. The Labute approximate surface area is 185 Å². The molecule has 2 aliphatic heterocycles. The summed E-state index contributed by atoms with van der Waals surface area (Å²) in [4.78, 5) is 33.5. The Morgan fingerprint density at radius 1 is 1.09 bits per heavy atom. The van der Waals surface area contributed by atoms with Crippen LogP contribution in [0.3, 0.4) is 0 Å². The van der Waals surface area contributed by atoms with Gasteiger partial charge in [-0.25, -0.2) is 0 Å². The van der Waals surface area contributed by atoms with Crippen molar-refractivity contribution >= 4 is 17.5 Å². The van der Waals surface area contributed by atoms with Crippen LogP contribution in [-0.4, -0.2) is 59.7 Å². The van der Waals surface area contributed by atoms with E-state index in [0.29, 0.717) is 62.1 Å². The number of carbonyl (C=O) groups is 2. The average molecular weight is 432 g/mol. The van der Waals surface area contributed by atoms with E-state index < -0.39 is 0 Å². The minimum atomic E-state index is -0.164. The number of hydrogen-bond acceptors (Lipinski definition) is 6. The van der Waals surface area contributed by atoms with Crippen molar-refractivity contribution in [3.63, 3.8) is 0 Å². The second-order valence-corrected chi connectivity index (χ2v) is 8.18. The molecule has 8 nitrogen and oxygen atoms in total. The van der Waals surface area contributed by atoms with Gasteiger partial charge in [0.25, 0.3) is 5.91 Å². The minimum absolute atomic E-state index is 0.0333. The zero-order valence-electron chi connectivity index (χ0n) is 17.9. The van der Waals surface area contributed by atoms with Crippen LogP contribution < -0.4 is 4.90 Å². The van der Waals surface area contributed by atoms with Gasteiger partial charge in [0.2, 0.25) is 17.6 Å². The molecule has 2 amide bonds. The van der Waals surface area contributed by atoms with Gasteiger partial charge in [-0.3, -0.25) is 9.59 Å². The quantitative estimate of drug-likeness (QED) is 0.630. The third-order valence-corrected chi connectivity index (χ3v) is 5.93. The van der Waals surface area contributed by atoms with Crippen molar-refractivity contribution in [1.82, 2.24) is 15.0 Å². The summed E-state index contributed by atoms with van der Waals surface area (Å²) < 4.78 is 10.8. The number of hydrogen-bond donors (Lipinski definition) is 0. The number of anilines is 1. The lowest BCUT2D eigenvalue weighted by Crippen LogP contribution is -2.40. The van der Waals surface area contributed by atoms with Gasteiger partial charge in [-0.2, -0.15) is 4.98 Å². The van der Waals surface area contributed by atoms with Crippen LogP contribution in [0.25, 0.3) is 11.4 Å². The number of rotatable bonds is 4. The van der Waals surface area contributed by atoms with Crippen LogP contribution in [0.5, 0.6) is 0 Å². The Morgan fingerprint density at radius 3 is 2.66 bits per heavy atom. The van der Waals surface area contributed by atoms with Crippen LogP contribution in [0.4, 0.5) is 5.69 Å². The Bertz CT molecular complexity index is 1130. The number of carbonyl (C=O) groups excluding carboxylic acids is 2. The maximum atomic E-state index is 12.8. The highest BCUT2D eigenvalue weighted by molar-refractivity contribution is 5.96. The molecule has 0 radical (unpaired) electrons. The maximum Gasteiger partial charge on any atom is 0.254 e. The van der Waals surface area contributed by atoms with E-state index in [0.717, 1.165) is 11.3 Å². The van der Waals surface area contributed by atoms with Gasteiger partial charge in [-0.1, -0.05) is 35.0 Å². The van der Waals surface area contributed by atoms with Gasteiger partial charge in [-0.15, -0.1) is 0 Å². The molecule has 0 unspecified atom stereocenters. The smallest absolute Gasteiger partial charge is 0.254 e. The molecule has 164 valence electrons. The van der Waals surface area contributed by atoms with Crippen LogP contribution in [-0.2, 0) is 9.53 Å². The lowest BCUT2D eigenvalue weighted by Gasteiger charge is -2.26. The third-order valence-electron chi connectivity index (χ3n) is 5.93. The molecule has 1 aromatic heterocycles. The summed E-state index contributed by atoms with van der Waals surface area (Å²) >= 11 is 0. The van der Waals surface area contributed by atoms with Crippen molar-refractivity contribution in [2.45, 2.75) is 19.3 Å². The maximum absolute atomic E-state index is 12.8. The molecule has 2 saturated heterocycles. The topological polar surface area (TPSA) is 88.8 Å². The molecule has 2 aromatic carbocycles. The van der Waals surface area contributed by atoms with E-state index >= 15 is 0 Å². The summed E-state index contributed by atoms with van der Waals surface area (Å²) in [6, 6.07) is 15.1. The first kappa shape index (κ1) is 20.4. The normalized spacial score (nSPS) is 18.9. The predicted octanol–water partition coefficient (Wildman–Crippen LogP) is 3.04. The molecule has 0 N–H and O–H groups in total. The Hall–Kier alpha value is -3.52. The first-order chi connectivity index (χ1) is 15.6. The fourth-order valence-corrected chi connectivity index (χ4v) is 4.11. The molecule has 3 heterocycles. The summed E-state index contributed by atoms with van der Waals surface area (Å²) in [7, 11) is 0. The van der Waals surface area contributed by atoms with E-state index in [4.69, 9.17) is 9.26 Å². The summed E-state index contributed by atoms with van der Waals surface area (Å²) in [5.74, 6) is 0.694. The number of ether oxygens (including phenoxy) is 1. The summed E-state index contributed by atoms with van der Waals surface area (Å²) in [6.07, 6.45) is 0.324. The highest BCUT2D eigenvalue weighted by atomic mass is 16.5. The monoisotopic (exact) mass is 432 g/mol. The van der Waals surface area contributed by atoms with Gasteiger partial charge in [0.05, 0.1) is 19.1 Å². The summed E-state index contributed by atoms with van der Waals surface area (Å²) in [5, 5.41) is 4.12. The van der Waals surface area contributed by atoms with Gasteiger partial charge in [-0.05, 0) is 31.2 Å². The fraction of sp³-hybridized carbons (Fsp3) is 0.333. The van der Waals surface area contributed by atoms with Crippen LogP contribution in [0, 0.1) is 6.92 Å². The Kier molecular flexibility index (Phi) is 5.45. The number of morpholine rings is 1. The summed E-state index contributed by atoms with van der Waals surface area (Å²) in [5.41, 5.74) is 3.31. The highest BCUT2D eigenvalue weighted by Crippen LogP contribution is 2.32. The third kappa shape index (κ3) is 4.01. The van der Waals surface area contributed by atoms with Crippen molar-refractivity contribution < 1.29 is 18.8 Å². The Balaban J connectivity index is 1.32. The van der Waals surface area contributed by atoms with Gasteiger partial charge < -0.3 is 19.1 Å². The van der Waals surface area contributed by atoms with Crippen molar-refractivity contribution in [1.29, 1.82) is 0 Å². The molecular weight excluding hydrogens is 408 g/mol. The van der Waals surface area contributed by atoms with Crippen molar-refractivity contribution in [2.24, 2.45) is 0 Å². The number of amides is 2. The van der Waals surface area contributed by atoms with Gasteiger partial charge in [0, 0.05) is 42.9 Å². The molecule has 32 heavy (non-hydrogen) atoms. The SMILES string of the molecule is Cc1ccc(N2C[C@H](c3nc(-c4cccc(C(=O)N5CCOCC5)c4)no3)CC2=O)cc1. The highest BCUT2D eigenvalue weighted by Gasteiger charge is 2.35. The first-order valence-electron chi connectivity index (χ1n) is 10.8. The van der Waals surface area contributed by atoms with E-state index in [2.05, 4.69) is 10.1 Å². The van der Waals surface area contributed by atoms with E-state index in [1.54, 1.807) is 21.9 Å². The van der Waals surface area contributed by atoms with Crippen molar-refractivity contribution in [2.75, 3.05) is 37.7 Å². The molecule has 0 spiro atoms. The minimum Gasteiger partial charge on any atom is -0.378 e. The largest absolute Gasteiger partial charge is 0.378 e. The molecule has 8 heteroatoms. The van der Waals surface area contributed by atoms with Gasteiger partial charge in [0.15, 0.2) is 0 Å². The molecule has 1 atom stereocenters. The van der Waals surface area contributed by atoms with Crippen molar-refractivity contribution in [3.05, 3.63) is 65.5 Å². The van der Waals surface area contributed by atoms with Crippen LogP contribution in [0.15, 0.2) is 53.1 Å². The molecule has 2 fully saturated rings. The average Bonchev–Trinajstić information content (AvgIpc) is 3.47. The lowest BCUT2D eigenvalue weighted by atomic mass is 10.1. The standard InChI is InChI=1S/C24H24N4O4/c1-16-5-7-20(8-6-16)28-15-19(14-21(28)29)23-25-22(26-32-23)17-3-2-4-18(13-17)24(30)27-9-11-31-12-10-27/h2-8,13,19H,9-12,14-15H2,1H3/t19-/m1/s1. The molecule has 3 aromatic rings. The number of nitrogens with zero attached hydrogens (tertiary/aromatic N) is 4. The Morgan fingerprint density at radius 2 is 1.88 bits per heavy atom. The van der Waals surface area contributed by atoms with Gasteiger partial charge in [0.1, 0.15) is 0 Å². The van der Waals surface area contributed by atoms with Crippen LogP contribution in [0.2, 0.25) is 0 Å². The molecule has 0 saturated carbocycles. The zero-order chi connectivity index (χ0) is 22.1. The van der Waals surface area contributed by atoms with E-state index in [-0.39, 0.29) is 17.7 Å². The van der Waals surface area contributed by atoms with E-state index in [1.807, 2.05) is 43.3 Å². The van der Waals surface area contributed by atoms with Crippen LogP contribution >= 0.6 is 0 Å². The fourth-order valence-electron chi connectivity index (χ4n) is 4.11. The lowest BCUT2D eigenvalue weighted by molar-refractivity contribution is -0.117. The number of aromatic nitrogens is 2. The van der Waals surface area contributed by atoms with Crippen LogP contribution in [0.1, 0.15) is 34.2 Å². The molecular formula is C24H24N4O4.